The smallest absolute Gasteiger partial charge is 0.410 e. The zero-order chi connectivity index (χ0) is 22.9. The van der Waals surface area contributed by atoms with Gasteiger partial charge in [-0.3, -0.25) is 0 Å². The van der Waals surface area contributed by atoms with E-state index in [9.17, 15) is 4.79 Å². The molecule has 1 atom stereocenters. The van der Waals surface area contributed by atoms with E-state index in [1.165, 1.54) is 0 Å². The van der Waals surface area contributed by atoms with Crippen molar-refractivity contribution >= 4 is 20.5 Å². The number of ether oxygens (including phenoxy) is 1. The molecule has 0 saturated carbocycles. The summed E-state index contributed by atoms with van der Waals surface area (Å²) in [6.45, 7) is 19.8. The second-order valence-corrected chi connectivity index (χ2v) is 14.8. The minimum absolute atomic E-state index is 0.0103. The van der Waals surface area contributed by atoms with Gasteiger partial charge in [0.05, 0.1) is 12.7 Å². The Hall–Kier alpha value is -1.59. The van der Waals surface area contributed by atoms with E-state index < -0.39 is 8.32 Å². The van der Waals surface area contributed by atoms with Crippen molar-refractivity contribution < 1.29 is 14.0 Å². The van der Waals surface area contributed by atoms with E-state index in [-0.39, 0.29) is 29.3 Å². The van der Waals surface area contributed by atoms with Crippen LogP contribution in [0.1, 0.15) is 66.9 Å². The number of hydrogen-bond acceptors (Lipinski definition) is 3. The highest BCUT2D eigenvalue weighted by Gasteiger charge is 2.38. The van der Waals surface area contributed by atoms with Crippen molar-refractivity contribution in [2.24, 2.45) is 0 Å². The van der Waals surface area contributed by atoms with E-state index >= 15 is 0 Å². The van der Waals surface area contributed by atoms with Crippen molar-refractivity contribution in [3.63, 3.8) is 0 Å². The molecule has 4 nitrogen and oxygen atoms in total. The molecule has 0 heterocycles. The molecule has 0 saturated heterocycles. The van der Waals surface area contributed by atoms with Crippen molar-refractivity contribution in [2.75, 3.05) is 6.61 Å². The van der Waals surface area contributed by atoms with Gasteiger partial charge in [0.2, 0.25) is 0 Å². The molecule has 0 aliphatic carbocycles. The molecular weight excluding hydrogens is 390 g/mol. The summed E-state index contributed by atoms with van der Waals surface area (Å²) in [5, 5.41) is 0.146. The van der Waals surface area contributed by atoms with Crippen LogP contribution in [-0.2, 0) is 9.16 Å². The predicted octanol–water partition coefficient (Wildman–Crippen LogP) is 7.13. The molecule has 0 unspecified atom stereocenters. The number of hydrogen-bond donors (Lipinski definition) is 0. The summed E-state index contributed by atoms with van der Waals surface area (Å²) in [4.78, 5) is 14.2. The Kier molecular flexibility index (Phi) is 10.3. The summed E-state index contributed by atoms with van der Waals surface area (Å²) in [5.41, 5.74) is 1.16. The first-order valence-electron chi connectivity index (χ1n) is 11.2. The maximum Gasteiger partial charge on any atom is 0.410 e. The van der Waals surface area contributed by atoms with Crippen LogP contribution in [0.15, 0.2) is 36.4 Å². The Balaban J connectivity index is 2.74. The molecule has 1 amide bonds. The quantitative estimate of drug-likeness (QED) is 0.291. The molecule has 30 heavy (non-hydrogen) atoms. The number of nitrogens with zero attached hydrogens (tertiary/aromatic N) is 1. The van der Waals surface area contributed by atoms with Gasteiger partial charge >= 0.3 is 6.09 Å². The van der Waals surface area contributed by atoms with Crippen LogP contribution in [0.25, 0.3) is 6.08 Å². The van der Waals surface area contributed by atoms with Crippen LogP contribution in [0, 0.1) is 0 Å². The van der Waals surface area contributed by atoms with E-state index in [1.54, 1.807) is 4.90 Å². The normalized spacial score (nSPS) is 13.8. The first-order valence-corrected chi connectivity index (χ1v) is 14.1. The van der Waals surface area contributed by atoms with E-state index in [0.717, 1.165) is 18.4 Å². The Labute approximate surface area is 185 Å². The fourth-order valence-corrected chi connectivity index (χ4v) is 4.38. The Morgan fingerprint density at radius 3 is 2.13 bits per heavy atom. The minimum Gasteiger partial charge on any atom is -0.449 e. The SMILES string of the molecule is CC(C)N(C(=O)OCCC[C@@H](/C=C/c1ccccc1)O[Si](C)(C)C(C)(C)C)C(C)C. The Morgan fingerprint density at radius 2 is 1.63 bits per heavy atom. The lowest BCUT2D eigenvalue weighted by atomic mass is 10.1. The number of benzene rings is 1. The molecule has 1 aromatic rings. The highest BCUT2D eigenvalue weighted by molar-refractivity contribution is 6.74. The lowest BCUT2D eigenvalue weighted by molar-refractivity contribution is 0.0754. The summed E-state index contributed by atoms with van der Waals surface area (Å²) in [7, 11) is -1.90. The lowest BCUT2D eigenvalue weighted by Gasteiger charge is -2.38. The summed E-state index contributed by atoms with van der Waals surface area (Å²) >= 11 is 0. The van der Waals surface area contributed by atoms with Crippen LogP contribution in [0.4, 0.5) is 4.79 Å². The molecule has 0 aliphatic rings. The summed E-state index contributed by atoms with van der Waals surface area (Å²) in [6.07, 6.45) is 5.66. The average Bonchev–Trinajstić information content (AvgIpc) is 2.62. The molecule has 5 heteroatoms. The molecule has 0 fully saturated rings. The monoisotopic (exact) mass is 433 g/mol. The number of rotatable bonds is 10. The van der Waals surface area contributed by atoms with Gasteiger partial charge in [-0.2, -0.15) is 0 Å². The molecule has 1 aromatic carbocycles. The van der Waals surface area contributed by atoms with Crippen LogP contribution >= 0.6 is 0 Å². The molecule has 0 N–H and O–H groups in total. The molecule has 1 rings (SSSR count). The Morgan fingerprint density at radius 1 is 1.07 bits per heavy atom. The highest BCUT2D eigenvalue weighted by Crippen LogP contribution is 2.38. The fraction of sp³-hybridized carbons (Fsp3) is 0.640. The first-order chi connectivity index (χ1) is 13.8. The van der Waals surface area contributed by atoms with Gasteiger partial charge in [-0.25, -0.2) is 4.79 Å². The van der Waals surface area contributed by atoms with E-state index in [0.29, 0.717) is 6.61 Å². The zero-order valence-electron chi connectivity index (χ0n) is 20.6. The largest absolute Gasteiger partial charge is 0.449 e. The van der Waals surface area contributed by atoms with Gasteiger partial charge in [0, 0.05) is 12.1 Å². The van der Waals surface area contributed by atoms with E-state index in [1.807, 2.05) is 45.9 Å². The third kappa shape index (κ3) is 8.64. The highest BCUT2D eigenvalue weighted by atomic mass is 28.4. The van der Waals surface area contributed by atoms with Gasteiger partial charge in [0.25, 0.3) is 0 Å². The molecule has 0 aliphatic heterocycles. The summed E-state index contributed by atoms with van der Waals surface area (Å²) < 4.78 is 12.2. The zero-order valence-corrected chi connectivity index (χ0v) is 21.6. The van der Waals surface area contributed by atoms with Crippen LogP contribution in [0.5, 0.6) is 0 Å². The van der Waals surface area contributed by atoms with Crippen LogP contribution in [0.2, 0.25) is 18.1 Å². The Bertz CT molecular complexity index is 655. The summed E-state index contributed by atoms with van der Waals surface area (Å²) in [6, 6.07) is 10.5. The molecule has 0 aromatic heterocycles. The van der Waals surface area contributed by atoms with Crippen molar-refractivity contribution in [3.05, 3.63) is 42.0 Å². The van der Waals surface area contributed by atoms with Crippen LogP contribution in [0.3, 0.4) is 0 Å². The molecule has 170 valence electrons. The first kappa shape index (κ1) is 26.4. The maximum absolute atomic E-state index is 12.4. The van der Waals surface area contributed by atoms with Gasteiger partial charge in [-0.1, -0.05) is 63.3 Å². The van der Waals surface area contributed by atoms with Gasteiger partial charge in [-0.05, 0) is 64.2 Å². The molecule has 0 radical (unpaired) electrons. The van der Waals surface area contributed by atoms with Crippen LogP contribution < -0.4 is 0 Å². The van der Waals surface area contributed by atoms with Crippen molar-refractivity contribution in [1.29, 1.82) is 0 Å². The molecule has 0 bridgehead atoms. The second kappa shape index (κ2) is 11.7. The van der Waals surface area contributed by atoms with Gasteiger partial charge in [0.1, 0.15) is 0 Å². The number of carbonyl (C=O) groups is 1. The fourth-order valence-electron chi connectivity index (χ4n) is 3.07. The standard InChI is InChI=1S/C25H43NO3Si/c1-20(2)26(21(3)4)24(27)28-19-13-16-23(29-30(8,9)25(5,6)7)18-17-22-14-11-10-12-15-22/h10-12,14-15,17-18,20-21,23H,13,16,19H2,1-9H3/b18-17+/t23-/m0/s1. The van der Waals surface area contributed by atoms with Gasteiger partial charge < -0.3 is 14.1 Å². The van der Waals surface area contributed by atoms with Crippen molar-refractivity contribution in [3.8, 4) is 0 Å². The van der Waals surface area contributed by atoms with Crippen LogP contribution in [-0.4, -0.2) is 44.1 Å². The average molecular weight is 434 g/mol. The van der Waals surface area contributed by atoms with E-state index in [4.69, 9.17) is 9.16 Å². The molecular formula is C25H43NO3Si. The second-order valence-electron chi connectivity index (χ2n) is 10.0. The molecule has 0 spiro atoms. The van der Waals surface area contributed by atoms with Crippen molar-refractivity contribution in [1.82, 2.24) is 4.90 Å². The topological polar surface area (TPSA) is 38.8 Å². The number of amides is 1. The van der Waals surface area contributed by atoms with Crippen molar-refractivity contribution in [2.45, 2.75) is 97.6 Å². The number of carbonyl (C=O) groups excluding carboxylic acids is 1. The third-order valence-electron chi connectivity index (χ3n) is 5.74. The summed E-state index contributed by atoms with van der Waals surface area (Å²) in [5.74, 6) is 0. The van der Waals surface area contributed by atoms with Gasteiger partial charge in [-0.15, -0.1) is 0 Å². The maximum atomic E-state index is 12.4. The lowest BCUT2D eigenvalue weighted by Crippen LogP contribution is -2.43. The third-order valence-corrected chi connectivity index (χ3v) is 10.2. The van der Waals surface area contributed by atoms with E-state index in [2.05, 4.69) is 58.2 Å². The minimum atomic E-state index is -1.90. The predicted molar refractivity (Wildman–Crippen MR) is 130 cm³/mol. The van der Waals surface area contributed by atoms with Gasteiger partial charge in [0.15, 0.2) is 8.32 Å².